The molecule has 142 valence electrons. The number of sulfone groups is 1. The Morgan fingerprint density at radius 1 is 1.15 bits per heavy atom. The second-order valence-electron chi connectivity index (χ2n) is 6.73. The number of benzene rings is 2. The predicted molar refractivity (Wildman–Crippen MR) is 110 cm³/mol. The summed E-state index contributed by atoms with van der Waals surface area (Å²) >= 11 is 1.12. The summed E-state index contributed by atoms with van der Waals surface area (Å²) in [6, 6.07) is 12.3. The molecule has 0 atom stereocenters. The number of fused-ring (bicyclic) bond motifs is 1. The number of carbonyl (C=O) groups excluding carboxylic acids is 1. The molecule has 0 spiro atoms. The minimum atomic E-state index is -3.40. The lowest BCUT2D eigenvalue weighted by atomic mass is 10.2. The Kier molecular flexibility index (Phi) is 5.48. The van der Waals surface area contributed by atoms with Gasteiger partial charge in [-0.15, -0.1) is 11.3 Å². The van der Waals surface area contributed by atoms with E-state index in [2.05, 4.69) is 15.6 Å². The van der Waals surface area contributed by atoms with Crippen molar-refractivity contribution in [3.05, 3.63) is 48.0 Å². The molecule has 2 N–H and O–H groups in total. The number of nitrogens with zero attached hydrogens (tertiary/aromatic N) is 1. The highest BCUT2D eigenvalue weighted by Gasteiger charge is 2.21. The van der Waals surface area contributed by atoms with Crippen LogP contribution in [0, 0.1) is 12.8 Å². The summed E-state index contributed by atoms with van der Waals surface area (Å²) in [5, 5.41) is 5.57. The number of thiazole rings is 1. The quantitative estimate of drug-likeness (QED) is 0.647. The third-order valence-electron chi connectivity index (χ3n) is 3.84. The molecule has 0 aliphatic heterocycles. The lowest BCUT2D eigenvalue weighted by molar-refractivity contribution is 0.262. The molecule has 3 aromatic rings. The predicted octanol–water partition coefficient (Wildman–Crippen LogP) is 4.68. The number of nitrogens with one attached hydrogen (secondary N) is 2. The van der Waals surface area contributed by atoms with Gasteiger partial charge in [-0.25, -0.2) is 18.2 Å². The number of anilines is 2. The van der Waals surface area contributed by atoms with Crippen molar-refractivity contribution in [3.63, 3.8) is 0 Å². The van der Waals surface area contributed by atoms with Gasteiger partial charge in [-0.3, -0.25) is 0 Å². The first-order valence-corrected chi connectivity index (χ1v) is 11.0. The zero-order valence-electron chi connectivity index (χ0n) is 15.3. The van der Waals surface area contributed by atoms with Gasteiger partial charge in [-0.05, 0) is 42.7 Å². The number of urea groups is 1. The zero-order valence-corrected chi connectivity index (χ0v) is 16.9. The molecule has 0 aliphatic carbocycles. The Labute approximate surface area is 162 Å². The fraction of sp³-hybridized carbons (Fsp3) is 0.263. The molecule has 0 unspecified atom stereocenters. The van der Waals surface area contributed by atoms with Crippen LogP contribution >= 0.6 is 11.3 Å². The van der Waals surface area contributed by atoms with Crippen molar-refractivity contribution in [2.75, 3.05) is 16.4 Å². The molecule has 1 heterocycles. The summed E-state index contributed by atoms with van der Waals surface area (Å²) in [5.74, 6) is 0.0981. The first-order valence-electron chi connectivity index (χ1n) is 8.51. The third kappa shape index (κ3) is 4.64. The maximum Gasteiger partial charge on any atom is 0.323 e. The molecular formula is C19H21N3O3S2. The Hall–Kier alpha value is -2.45. The number of amides is 2. The van der Waals surface area contributed by atoms with Crippen LogP contribution in [0.2, 0.25) is 0 Å². The molecule has 0 radical (unpaired) electrons. The van der Waals surface area contributed by atoms with E-state index in [1.807, 2.05) is 45.0 Å². The summed E-state index contributed by atoms with van der Waals surface area (Å²) < 4.78 is 25.6. The lowest BCUT2D eigenvalue weighted by Gasteiger charge is -2.09. The van der Waals surface area contributed by atoms with E-state index in [-0.39, 0.29) is 22.0 Å². The van der Waals surface area contributed by atoms with Crippen LogP contribution in [-0.2, 0) is 9.84 Å². The van der Waals surface area contributed by atoms with E-state index in [0.717, 1.165) is 22.6 Å². The van der Waals surface area contributed by atoms with Crippen molar-refractivity contribution in [1.29, 1.82) is 0 Å². The van der Waals surface area contributed by atoms with Gasteiger partial charge < -0.3 is 10.6 Å². The van der Waals surface area contributed by atoms with Gasteiger partial charge in [0.25, 0.3) is 0 Å². The summed E-state index contributed by atoms with van der Waals surface area (Å²) in [4.78, 5) is 16.5. The van der Waals surface area contributed by atoms with Crippen LogP contribution in [0.3, 0.4) is 0 Å². The smallest absolute Gasteiger partial charge is 0.308 e. The van der Waals surface area contributed by atoms with Gasteiger partial charge in [0.2, 0.25) is 14.2 Å². The summed E-state index contributed by atoms with van der Waals surface area (Å²) in [6.45, 7) is 5.64. The number of carbonyl (C=O) groups is 1. The van der Waals surface area contributed by atoms with Crippen LogP contribution in [0.5, 0.6) is 0 Å². The van der Waals surface area contributed by atoms with Gasteiger partial charge in [0.05, 0.1) is 16.0 Å². The van der Waals surface area contributed by atoms with Crippen molar-refractivity contribution in [2.45, 2.75) is 25.1 Å². The molecule has 0 saturated heterocycles. The molecular weight excluding hydrogens is 382 g/mol. The molecule has 8 heteroatoms. The van der Waals surface area contributed by atoms with E-state index in [4.69, 9.17) is 0 Å². The zero-order chi connectivity index (χ0) is 19.6. The van der Waals surface area contributed by atoms with Crippen molar-refractivity contribution in [3.8, 4) is 0 Å². The molecule has 2 aromatic carbocycles. The Morgan fingerprint density at radius 3 is 2.59 bits per heavy atom. The maximum absolute atomic E-state index is 12.4. The first kappa shape index (κ1) is 19.3. The largest absolute Gasteiger partial charge is 0.323 e. The maximum atomic E-state index is 12.4. The van der Waals surface area contributed by atoms with Crippen LogP contribution < -0.4 is 10.6 Å². The number of aryl methyl sites for hydroxylation is 1. The molecule has 3 rings (SSSR count). The van der Waals surface area contributed by atoms with Crippen LogP contribution in [0.4, 0.5) is 16.2 Å². The van der Waals surface area contributed by atoms with Crippen molar-refractivity contribution < 1.29 is 13.2 Å². The minimum Gasteiger partial charge on any atom is -0.308 e. The Balaban J connectivity index is 1.78. The van der Waals surface area contributed by atoms with E-state index >= 15 is 0 Å². The van der Waals surface area contributed by atoms with Crippen molar-refractivity contribution >= 4 is 48.8 Å². The number of rotatable bonds is 5. The molecule has 1 aromatic heterocycles. The number of para-hydroxylation sites is 1. The first-order chi connectivity index (χ1) is 12.7. The standard InChI is InChI=1S/C19H21N3O3S2/c1-12(2)11-27(24,25)19-22-16-9-8-14(10-17(16)26-19)20-18(23)21-15-7-5-4-6-13(15)3/h4-10,12H,11H2,1-3H3,(H2,20,21,23). The van der Waals surface area contributed by atoms with Crippen molar-refractivity contribution in [1.82, 2.24) is 4.98 Å². The fourth-order valence-electron chi connectivity index (χ4n) is 2.62. The van der Waals surface area contributed by atoms with E-state index < -0.39 is 9.84 Å². The minimum absolute atomic E-state index is 0.0318. The van der Waals surface area contributed by atoms with Gasteiger partial charge in [0.1, 0.15) is 0 Å². The lowest BCUT2D eigenvalue weighted by Crippen LogP contribution is -2.19. The summed E-state index contributed by atoms with van der Waals surface area (Å²) in [5.41, 5.74) is 2.87. The van der Waals surface area contributed by atoms with Crippen LogP contribution in [0.15, 0.2) is 46.8 Å². The molecule has 0 aliphatic rings. The van der Waals surface area contributed by atoms with Crippen molar-refractivity contribution in [2.24, 2.45) is 5.92 Å². The summed E-state index contributed by atoms with van der Waals surface area (Å²) in [7, 11) is -3.40. The number of hydrogen-bond donors (Lipinski definition) is 2. The van der Waals surface area contributed by atoms with E-state index in [0.29, 0.717) is 15.9 Å². The van der Waals surface area contributed by atoms with Crippen LogP contribution in [-0.4, -0.2) is 25.2 Å². The average molecular weight is 404 g/mol. The number of hydrogen-bond acceptors (Lipinski definition) is 5. The average Bonchev–Trinajstić information content (AvgIpc) is 3.00. The van der Waals surface area contributed by atoms with E-state index in [9.17, 15) is 13.2 Å². The molecule has 0 saturated carbocycles. The molecule has 0 bridgehead atoms. The highest BCUT2D eigenvalue weighted by molar-refractivity contribution is 7.93. The monoisotopic (exact) mass is 403 g/mol. The van der Waals surface area contributed by atoms with Crippen LogP contribution in [0.1, 0.15) is 19.4 Å². The molecule has 6 nitrogen and oxygen atoms in total. The SMILES string of the molecule is Cc1ccccc1NC(=O)Nc1ccc2nc(S(=O)(=O)CC(C)C)sc2c1. The van der Waals surface area contributed by atoms with E-state index in [1.54, 1.807) is 18.2 Å². The van der Waals surface area contributed by atoms with E-state index in [1.165, 1.54) is 0 Å². The van der Waals surface area contributed by atoms with Gasteiger partial charge in [0.15, 0.2) is 0 Å². The van der Waals surface area contributed by atoms with Gasteiger partial charge in [0, 0.05) is 11.4 Å². The van der Waals surface area contributed by atoms with Gasteiger partial charge in [-0.1, -0.05) is 32.0 Å². The highest BCUT2D eigenvalue weighted by atomic mass is 32.2. The molecule has 0 fully saturated rings. The third-order valence-corrected chi connectivity index (χ3v) is 7.39. The Bertz CT molecular complexity index is 1090. The number of aromatic nitrogens is 1. The van der Waals surface area contributed by atoms with Crippen LogP contribution in [0.25, 0.3) is 10.2 Å². The molecule has 2 amide bonds. The van der Waals surface area contributed by atoms with Gasteiger partial charge >= 0.3 is 6.03 Å². The second kappa shape index (κ2) is 7.66. The summed E-state index contributed by atoms with van der Waals surface area (Å²) in [6.07, 6.45) is 0. The fourth-order valence-corrected chi connectivity index (χ4v) is 5.60. The second-order valence-corrected chi connectivity index (χ2v) is 9.97. The Morgan fingerprint density at radius 2 is 1.89 bits per heavy atom. The topological polar surface area (TPSA) is 88.2 Å². The molecule has 27 heavy (non-hydrogen) atoms. The highest BCUT2D eigenvalue weighted by Crippen LogP contribution is 2.29. The van der Waals surface area contributed by atoms with Gasteiger partial charge in [-0.2, -0.15) is 0 Å². The normalized spacial score (nSPS) is 11.7.